The van der Waals surface area contributed by atoms with Gasteiger partial charge in [0.2, 0.25) is 11.8 Å². The van der Waals surface area contributed by atoms with Gasteiger partial charge in [0.25, 0.3) is 5.56 Å². The van der Waals surface area contributed by atoms with Gasteiger partial charge in [-0.3, -0.25) is 14.4 Å². The zero-order chi connectivity index (χ0) is 20.7. The summed E-state index contributed by atoms with van der Waals surface area (Å²) in [4.78, 5) is 50.3. The summed E-state index contributed by atoms with van der Waals surface area (Å²) in [7, 11) is 0. The Morgan fingerprint density at radius 3 is 2.37 bits per heavy atom. The maximum atomic E-state index is 13.3. The molecule has 3 heterocycles. The summed E-state index contributed by atoms with van der Waals surface area (Å²) in [5.41, 5.74) is 1.34. The molecule has 0 unspecified atom stereocenters. The molecule has 7 nitrogen and oxygen atoms in total. The first-order valence-corrected chi connectivity index (χ1v) is 11.8. The monoisotopic (exact) mass is 412 g/mol. The minimum absolute atomic E-state index is 0.0934. The molecule has 0 aromatic carbocycles. The predicted octanol–water partition coefficient (Wildman–Crippen LogP) is 2.70. The number of rotatable bonds is 3. The molecule has 3 fully saturated rings. The lowest BCUT2D eigenvalue weighted by molar-refractivity contribution is -0.140. The number of piperidine rings is 1. The van der Waals surface area contributed by atoms with Gasteiger partial charge in [0.15, 0.2) is 0 Å². The quantitative estimate of drug-likeness (QED) is 0.827. The van der Waals surface area contributed by atoms with Crippen molar-refractivity contribution in [1.82, 2.24) is 19.8 Å². The molecule has 1 aromatic rings. The summed E-state index contributed by atoms with van der Waals surface area (Å²) in [6.07, 6.45) is 10.9. The number of hydrogen-bond donors (Lipinski definition) is 1. The van der Waals surface area contributed by atoms with Gasteiger partial charge in [-0.15, -0.1) is 0 Å². The lowest BCUT2D eigenvalue weighted by Crippen LogP contribution is -2.44. The molecule has 2 aliphatic carbocycles. The molecule has 1 saturated heterocycles. The zero-order valence-corrected chi connectivity index (χ0v) is 17.7. The van der Waals surface area contributed by atoms with E-state index in [0.717, 1.165) is 70.0 Å². The van der Waals surface area contributed by atoms with Gasteiger partial charge in [-0.1, -0.05) is 19.3 Å². The molecular weight excluding hydrogens is 380 g/mol. The van der Waals surface area contributed by atoms with E-state index in [0.29, 0.717) is 30.9 Å². The number of carbonyl (C=O) groups is 2. The molecule has 2 amide bonds. The normalized spacial score (nSPS) is 25.1. The molecule has 1 atom stereocenters. The van der Waals surface area contributed by atoms with Crippen molar-refractivity contribution in [1.29, 1.82) is 0 Å². The maximum Gasteiger partial charge on any atom is 0.254 e. The Hall–Kier alpha value is -2.18. The van der Waals surface area contributed by atoms with Gasteiger partial charge in [0.1, 0.15) is 5.82 Å². The zero-order valence-electron chi connectivity index (χ0n) is 17.7. The first-order chi connectivity index (χ1) is 14.6. The molecule has 162 valence electrons. The summed E-state index contributed by atoms with van der Waals surface area (Å²) in [5.74, 6) is 1.36. The van der Waals surface area contributed by atoms with Gasteiger partial charge in [-0.25, -0.2) is 4.98 Å². The molecule has 0 bridgehead atoms. The number of amides is 2. The van der Waals surface area contributed by atoms with Gasteiger partial charge in [0, 0.05) is 30.5 Å². The number of nitrogens with zero attached hydrogens (tertiary/aromatic N) is 3. The number of likely N-dealkylation sites (tertiary alicyclic amines) is 1. The van der Waals surface area contributed by atoms with Gasteiger partial charge < -0.3 is 14.8 Å². The molecule has 2 aliphatic heterocycles. The van der Waals surface area contributed by atoms with Crippen LogP contribution in [0.4, 0.5) is 0 Å². The molecule has 30 heavy (non-hydrogen) atoms. The van der Waals surface area contributed by atoms with Crippen LogP contribution in [-0.2, 0) is 22.6 Å². The Labute approximate surface area is 177 Å². The van der Waals surface area contributed by atoms with Gasteiger partial charge in [-0.2, -0.15) is 0 Å². The van der Waals surface area contributed by atoms with E-state index in [9.17, 15) is 14.4 Å². The Bertz CT molecular complexity index is 885. The van der Waals surface area contributed by atoms with Crippen LogP contribution >= 0.6 is 0 Å². The average Bonchev–Trinajstić information content (AvgIpc) is 3.64. The molecule has 0 radical (unpaired) electrons. The van der Waals surface area contributed by atoms with Crippen LogP contribution in [0.1, 0.15) is 87.3 Å². The van der Waals surface area contributed by atoms with Crippen LogP contribution in [0.25, 0.3) is 0 Å². The molecule has 0 spiro atoms. The van der Waals surface area contributed by atoms with E-state index in [4.69, 9.17) is 4.98 Å². The second-order valence-electron chi connectivity index (χ2n) is 9.54. The number of H-pyrrole nitrogens is 1. The van der Waals surface area contributed by atoms with E-state index in [-0.39, 0.29) is 35.3 Å². The Kier molecular flexibility index (Phi) is 5.37. The lowest BCUT2D eigenvalue weighted by atomic mass is 9.87. The molecular formula is C23H32N4O3. The van der Waals surface area contributed by atoms with Crippen molar-refractivity contribution in [3.8, 4) is 0 Å². The number of aromatic nitrogens is 2. The van der Waals surface area contributed by atoms with Crippen molar-refractivity contribution in [2.75, 3.05) is 13.1 Å². The fraction of sp³-hybridized carbons (Fsp3) is 0.739. The number of nitrogens with one attached hydrogen (secondary N) is 1. The second-order valence-corrected chi connectivity index (χ2v) is 9.54. The summed E-state index contributed by atoms with van der Waals surface area (Å²) in [6, 6.07) is -0.152. The number of hydrogen-bond acceptors (Lipinski definition) is 4. The van der Waals surface area contributed by atoms with Crippen LogP contribution in [0, 0.1) is 11.8 Å². The summed E-state index contributed by atoms with van der Waals surface area (Å²) in [5, 5.41) is 0. The van der Waals surface area contributed by atoms with Crippen LogP contribution < -0.4 is 5.56 Å². The molecule has 2 saturated carbocycles. The standard InChI is InChI=1S/C23H32N4O3/c28-21-17-11-13-26(22(29)16-9-10-16)14-18(17)24-20(25-21)19-8-4-5-12-27(19)23(30)15-6-2-1-3-7-15/h15-16,19H,1-14H2,(H,24,25,28)/t19-/m0/s1. The van der Waals surface area contributed by atoms with Crippen molar-refractivity contribution < 1.29 is 9.59 Å². The van der Waals surface area contributed by atoms with Crippen LogP contribution in [0.15, 0.2) is 4.79 Å². The van der Waals surface area contributed by atoms with Crippen molar-refractivity contribution in [2.45, 2.75) is 83.2 Å². The minimum Gasteiger partial charge on any atom is -0.336 e. The Morgan fingerprint density at radius 2 is 1.60 bits per heavy atom. The molecule has 5 rings (SSSR count). The number of carbonyl (C=O) groups excluding carboxylic acids is 2. The smallest absolute Gasteiger partial charge is 0.254 e. The Balaban J connectivity index is 1.40. The summed E-state index contributed by atoms with van der Waals surface area (Å²) < 4.78 is 0. The first kappa shape index (κ1) is 19.8. The Morgan fingerprint density at radius 1 is 0.867 bits per heavy atom. The molecule has 7 heteroatoms. The van der Waals surface area contributed by atoms with E-state index in [1.165, 1.54) is 6.42 Å². The van der Waals surface area contributed by atoms with Gasteiger partial charge in [0.05, 0.1) is 18.3 Å². The van der Waals surface area contributed by atoms with Crippen molar-refractivity contribution >= 4 is 11.8 Å². The highest BCUT2D eigenvalue weighted by atomic mass is 16.2. The summed E-state index contributed by atoms with van der Waals surface area (Å²) in [6.45, 7) is 1.76. The van der Waals surface area contributed by atoms with E-state index in [1.54, 1.807) is 0 Å². The topological polar surface area (TPSA) is 86.4 Å². The third kappa shape index (κ3) is 3.79. The molecule has 1 aromatic heterocycles. The van der Waals surface area contributed by atoms with Gasteiger partial charge >= 0.3 is 0 Å². The summed E-state index contributed by atoms with van der Waals surface area (Å²) >= 11 is 0. The first-order valence-electron chi connectivity index (χ1n) is 11.8. The fourth-order valence-corrected chi connectivity index (χ4v) is 5.46. The molecule has 1 N–H and O–H groups in total. The highest BCUT2D eigenvalue weighted by Gasteiger charge is 2.37. The predicted molar refractivity (Wildman–Crippen MR) is 112 cm³/mol. The fourth-order valence-electron chi connectivity index (χ4n) is 5.46. The number of fused-ring (bicyclic) bond motifs is 1. The highest BCUT2D eigenvalue weighted by Crippen LogP contribution is 2.35. The van der Waals surface area contributed by atoms with Crippen LogP contribution in [-0.4, -0.2) is 44.7 Å². The van der Waals surface area contributed by atoms with Crippen molar-refractivity contribution in [3.63, 3.8) is 0 Å². The lowest BCUT2D eigenvalue weighted by Gasteiger charge is -2.38. The van der Waals surface area contributed by atoms with E-state index >= 15 is 0 Å². The minimum atomic E-state index is -0.152. The van der Waals surface area contributed by atoms with E-state index in [2.05, 4.69) is 4.98 Å². The van der Waals surface area contributed by atoms with E-state index < -0.39 is 0 Å². The largest absolute Gasteiger partial charge is 0.336 e. The third-order valence-electron chi connectivity index (χ3n) is 7.39. The SMILES string of the molecule is O=C(C1CC1)N1CCc2c(nc([C@@H]3CCCCN3C(=O)C3CCCCC3)[nH]c2=O)C1. The maximum absolute atomic E-state index is 13.3. The average molecular weight is 413 g/mol. The van der Waals surface area contributed by atoms with Crippen LogP contribution in [0.5, 0.6) is 0 Å². The van der Waals surface area contributed by atoms with Gasteiger partial charge in [-0.05, 0) is 51.4 Å². The second kappa shape index (κ2) is 8.16. The van der Waals surface area contributed by atoms with Crippen LogP contribution in [0.2, 0.25) is 0 Å². The third-order valence-corrected chi connectivity index (χ3v) is 7.39. The molecule has 4 aliphatic rings. The van der Waals surface area contributed by atoms with Crippen molar-refractivity contribution in [2.24, 2.45) is 11.8 Å². The van der Waals surface area contributed by atoms with Crippen LogP contribution in [0.3, 0.4) is 0 Å². The number of aromatic amines is 1. The van der Waals surface area contributed by atoms with E-state index in [1.807, 2.05) is 9.80 Å². The highest BCUT2D eigenvalue weighted by molar-refractivity contribution is 5.81. The van der Waals surface area contributed by atoms with Crippen molar-refractivity contribution in [3.05, 3.63) is 27.4 Å².